The number of thioether (sulfide) groups is 1. The van der Waals surface area contributed by atoms with Crippen LogP contribution >= 0.6 is 11.8 Å². The number of carbonyl (C=O) groups is 3. The number of carboxylic acids is 1. The largest absolute Gasteiger partial charge is 0.489 e. The zero-order valence-electron chi connectivity index (χ0n) is 19.1. The molecule has 0 unspecified atom stereocenters. The van der Waals surface area contributed by atoms with Crippen LogP contribution in [0.3, 0.4) is 0 Å². The first-order valence-electron chi connectivity index (χ1n) is 11.2. The summed E-state index contributed by atoms with van der Waals surface area (Å²) in [6, 6.07) is 27.5. The van der Waals surface area contributed by atoms with Gasteiger partial charge in [0.05, 0.1) is 17.0 Å². The van der Waals surface area contributed by atoms with Crippen LogP contribution in [-0.2, 0) is 17.9 Å². The summed E-state index contributed by atoms with van der Waals surface area (Å²) in [5, 5.41) is 10.9. The van der Waals surface area contributed by atoms with Crippen LogP contribution in [0.25, 0.3) is 16.8 Å². The summed E-state index contributed by atoms with van der Waals surface area (Å²) in [5.74, 6) is -0.684. The Balaban J connectivity index is 1.26. The monoisotopic (exact) mass is 495 g/mol. The molecule has 1 aliphatic heterocycles. The fourth-order valence-electron chi connectivity index (χ4n) is 4.01. The van der Waals surface area contributed by atoms with Gasteiger partial charge in [-0.3, -0.25) is 14.5 Å². The number of carboxylic acid groups (broad SMARTS) is 1. The molecule has 7 heteroatoms. The van der Waals surface area contributed by atoms with Gasteiger partial charge in [0, 0.05) is 0 Å². The van der Waals surface area contributed by atoms with Crippen LogP contribution < -0.4 is 4.74 Å². The van der Waals surface area contributed by atoms with Gasteiger partial charge in [-0.25, -0.2) is 4.79 Å². The second-order valence-corrected chi connectivity index (χ2v) is 9.26. The molecule has 0 saturated carbocycles. The van der Waals surface area contributed by atoms with E-state index >= 15 is 0 Å². The zero-order chi connectivity index (χ0) is 25.1. The Bertz CT molecular complexity index is 1500. The molecule has 1 aliphatic rings. The molecular weight excluding hydrogens is 474 g/mol. The third-order valence-corrected chi connectivity index (χ3v) is 6.75. The SMILES string of the molecule is O=C(O)c1cccc(COc2ccc(/C=C3/SC(=O)N(Cc4cccc5ccccc45)C3=O)cc2)c1. The zero-order valence-corrected chi connectivity index (χ0v) is 19.9. The Kier molecular flexibility index (Phi) is 6.56. The number of hydrogen-bond acceptors (Lipinski definition) is 5. The number of ether oxygens (including phenoxy) is 1. The standard InChI is InChI=1S/C29H21NO5S/c31-27-26(36-29(34)30(27)17-23-9-4-7-21-6-1-2-10-25(21)23)16-19-11-13-24(14-12-19)35-18-20-5-3-8-22(15-20)28(32)33/h1-16H,17-18H2,(H,32,33)/b26-16+. The van der Waals surface area contributed by atoms with Gasteiger partial charge in [0.25, 0.3) is 11.1 Å². The van der Waals surface area contributed by atoms with Gasteiger partial charge in [-0.15, -0.1) is 0 Å². The third kappa shape index (κ3) is 5.01. The smallest absolute Gasteiger partial charge is 0.335 e. The predicted molar refractivity (Wildman–Crippen MR) is 140 cm³/mol. The van der Waals surface area contributed by atoms with E-state index < -0.39 is 5.97 Å². The first-order chi connectivity index (χ1) is 17.5. The van der Waals surface area contributed by atoms with Crippen molar-refractivity contribution in [2.45, 2.75) is 13.2 Å². The minimum Gasteiger partial charge on any atom is -0.489 e. The highest BCUT2D eigenvalue weighted by molar-refractivity contribution is 8.18. The molecule has 178 valence electrons. The van der Waals surface area contributed by atoms with E-state index in [2.05, 4.69) is 0 Å². The van der Waals surface area contributed by atoms with E-state index in [4.69, 9.17) is 9.84 Å². The third-order valence-electron chi connectivity index (χ3n) is 5.84. The fraction of sp³-hybridized carbons (Fsp3) is 0.0690. The molecule has 4 aromatic rings. The molecular formula is C29H21NO5S. The highest BCUT2D eigenvalue weighted by Gasteiger charge is 2.35. The van der Waals surface area contributed by atoms with Crippen LogP contribution in [0.1, 0.15) is 27.0 Å². The lowest BCUT2D eigenvalue weighted by Crippen LogP contribution is -2.27. The van der Waals surface area contributed by atoms with E-state index in [-0.39, 0.29) is 29.9 Å². The van der Waals surface area contributed by atoms with Gasteiger partial charge in [-0.2, -0.15) is 0 Å². The average Bonchev–Trinajstić information content (AvgIpc) is 3.16. The van der Waals surface area contributed by atoms with E-state index in [9.17, 15) is 14.4 Å². The summed E-state index contributed by atoms with van der Waals surface area (Å²) in [6.45, 7) is 0.451. The lowest BCUT2D eigenvalue weighted by atomic mass is 10.0. The van der Waals surface area contributed by atoms with Crippen LogP contribution in [0.2, 0.25) is 0 Å². The first-order valence-corrected chi connectivity index (χ1v) is 12.1. The summed E-state index contributed by atoms with van der Waals surface area (Å²) >= 11 is 0.936. The van der Waals surface area contributed by atoms with E-state index in [1.54, 1.807) is 36.4 Å². The number of aromatic carboxylic acids is 1. The lowest BCUT2D eigenvalue weighted by Gasteiger charge is -2.14. The number of fused-ring (bicyclic) bond motifs is 1. The molecule has 0 aliphatic carbocycles. The minimum absolute atomic E-state index is 0.209. The van der Waals surface area contributed by atoms with Crippen molar-refractivity contribution in [1.82, 2.24) is 4.90 Å². The van der Waals surface area contributed by atoms with Gasteiger partial charge in [0.2, 0.25) is 0 Å². The van der Waals surface area contributed by atoms with Crippen LogP contribution in [0, 0.1) is 0 Å². The number of amides is 2. The number of carbonyl (C=O) groups excluding carboxylic acids is 2. The average molecular weight is 496 g/mol. The van der Waals surface area contributed by atoms with Gasteiger partial charge in [-0.1, -0.05) is 66.7 Å². The molecule has 2 amide bonds. The molecule has 0 radical (unpaired) electrons. The number of hydrogen-bond donors (Lipinski definition) is 1. The molecule has 0 bridgehead atoms. The van der Waals surface area contributed by atoms with Crippen LogP contribution in [-0.4, -0.2) is 27.1 Å². The molecule has 0 atom stereocenters. The Morgan fingerprint density at radius 2 is 1.67 bits per heavy atom. The van der Waals surface area contributed by atoms with E-state index in [0.29, 0.717) is 10.7 Å². The molecule has 5 rings (SSSR count). The quantitative estimate of drug-likeness (QED) is 0.301. The number of nitrogens with zero attached hydrogens (tertiary/aromatic N) is 1. The summed E-state index contributed by atoms with van der Waals surface area (Å²) in [6.07, 6.45) is 1.70. The molecule has 1 fully saturated rings. The molecule has 0 aromatic heterocycles. The van der Waals surface area contributed by atoms with Gasteiger partial charge in [0.1, 0.15) is 12.4 Å². The minimum atomic E-state index is -0.984. The Hall–Kier alpha value is -4.36. The Morgan fingerprint density at radius 3 is 2.47 bits per heavy atom. The maximum atomic E-state index is 13.0. The van der Waals surface area contributed by atoms with Crippen molar-refractivity contribution in [1.29, 1.82) is 0 Å². The highest BCUT2D eigenvalue weighted by atomic mass is 32.2. The lowest BCUT2D eigenvalue weighted by molar-refractivity contribution is -0.123. The van der Waals surface area contributed by atoms with Crippen molar-refractivity contribution in [3.8, 4) is 5.75 Å². The van der Waals surface area contributed by atoms with Crippen molar-refractivity contribution in [3.63, 3.8) is 0 Å². The molecule has 1 saturated heterocycles. The summed E-state index contributed by atoms with van der Waals surface area (Å²) in [7, 11) is 0. The van der Waals surface area contributed by atoms with Crippen molar-refractivity contribution in [2.75, 3.05) is 0 Å². The van der Waals surface area contributed by atoms with Crippen molar-refractivity contribution in [3.05, 3.63) is 118 Å². The van der Waals surface area contributed by atoms with Crippen LogP contribution in [0.4, 0.5) is 4.79 Å². The van der Waals surface area contributed by atoms with Crippen molar-refractivity contribution in [2.24, 2.45) is 0 Å². The second-order valence-electron chi connectivity index (χ2n) is 8.27. The maximum Gasteiger partial charge on any atom is 0.335 e. The van der Waals surface area contributed by atoms with Gasteiger partial charge < -0.3 is 9.84 Å². The van der Waals surface area contributed by atoms with Crippen LogP contribution in [0.15, 0.2) is 95.9 Å². The normalized spacial score (nSPS) is 14.6. The summed E-state index contributed by atoms with van der Waals surface area (Å²) in [5.41, 5.74) is 2.65. The van der Waals surface area contributed by atoms with E-state index in [1.165, 1.54) is 11.0 Å². The summed E-state index contributed by atoms with van der Waals surface area (Å²) in [4.78, 5) is 38.4. The van der Waals surface area contributed by atoms with E-state index in [0.717, 1.165) is 39.2 Å². The number of rotatable bonds is 7. The molecule has 6 nitrogen and oxygen atoms in total. The first kappa shape index (κ1) is 23.4. The topological polar surface area (TPSA) is 83.9 Å². The Labute approximate surface area is 211 Å². The van der Waals surface area contributed by atoms with Gasteiger partial charge in [-0.05, 0) is 69.6 Å². The number of benzene rings is 4. The molecule has 4 aromatic carbocycles. The van der Waals surface area contributed by atoms with E-state index in [1.807, 2.05) is 54.6 Å². The fourth-order valence-corrected chi connectivity index (χ4v) is 4.85. The Morgan fingerprint density at radius 1 is 0.917 bits per heavy atom. The number of imide groups is 1. The van der Waals surface area contributed by atoms with Gasteiger partial charge in [0.15, 0.2) is 0 Å². The molecule has 1 N–H and O–H groups in total. The van der Waals surface area contributed by atoms with Crippen molar-refractivity contribution >= 4 is 45.7 Å². The van der Waals surface area contributed by atoms with Gasteiger partial charge >= 0.3 is 5.97 Å². The summed E-state index contributed by atoms with van der Waals surface area (Å²) < 4.78 is 5.76. The second kappa shape index (κ2) is 10.1. The highest BCUT2D eigenvalue weighted by Crippen LogP contribution is 2.34. The molecule has 36 heavy (non-hydrogen) atoms. The molecule has 0 spiro atoms. The predicted octanol–water partition coefficient (Wildman–Crippen LogP) is 6.35. The maximum absolute atomic E-state index is 13.0. The molecule has 1 heterocycles. The van der Waals surface area contributed by atoms with Crippen molar-refractivity contribution < 1.29 is 24.2 Å². The van der Waals surface area contributed by atoms with Crippen LogP contribution in [0.5, 0.6) is 5.75 Å².